The normalized spacial score (nSPS) is 15.9. The lowest BCUT2D eigenvalue weighted by atomic mass is 10.1. The first-order chi connectivity index (χ1) is 14.5. The molecular weight excluding hydrogens is 413 g/mol. The smallest absolute Gasteiger partial charge is 0.370 e. The number of hydrogen-bond acceptors (Lipinski definition) is 5. The van der Waals surface area contributed by atoms with Crippen LogP contribution in [0.4, 0.5) is 24.0 Å². The van der Waals surface area contributed by atoms with Gasteiger partial charge >= 0.3 is 6.18 Å². The first-order valence-electron chi connectivity index (χ1n) is 9.98. The van der Waals surface area contributed by atoms with Gasteiger partial charge in [0.25, 0.3) is 0 Å². The summed E-state index contributed by atoms with van der Waals surface area (Å²) in [6, 6.07) is 7.01. The van der Waals surface area contributed by atoms with Gasteiger partial charge in [-0.15, -0.1) is 11.3 Å². The van der Waals surface area contributed by atoms with Gasteiger partial charge < -0.3 is 20.9 Å². The van der Waals surface area contributed by atoms with E-state index in [-0.39, 0.29) is 0 Å². The molecule has 0 unspecified atom stereocenters. The number of guanidine groups is 1. The zero-order chi connectivity index (χ0) is 21.4. The van der Waals surface area contributed by atoms with Crippen LogP contribution in [0.2, 0.25) is 0 Å². The Morgan fingerprint density at radius 1 is 1.23 bits per heavy atom. The summed E-state index contributed by atoms with van der Waals surface area (Å²) in [5.74, 6) is 1.21. The molecule has 1 aliphatic heterocycles. The van der Waals surface area contributed by atoms with Gasteiger partial charge in [-0.25, -0.2) is 4.98 Å². The molecule has 2 aromatic rings. The monoisotopic (exact) mass is 440 g/mol. The minimum absolute atomic E-state index is 0.391. The zero-order valence-corrected chi connectivity index (χ0v) is 17.7. The summed E-state index contributed by atoms with van der Waals surface area (Å²) in [7, 11) is 1.75. The number of pyridine rings is 1. The van der Waals surface area contributed by atoms with Crippen molar-refractivity contribution in [2.24, 2.45) is 4.99 Å². The second kappa shape index (κ2) is 10.5. The molecule has 1 fully saturated rings. The molecule has 0 atom stereocenters. The van der Waals surface area contributed by atoms with E-state index in [1.54, 1.807) is 18.4 Å². The molecule has 0 aromatic carbocycles. The van der Waals surface area contributed by atoms with Crippen LogP contribution in [0, 0.1) is 0 Å². The van der Waals surface area contributed by atoms with Gasteiger partial charge in [-0.1, -0.05) is 0 Å². The Morgan fingerprint density at radius 3 is 2.63 bits per heavy atom. The fourth-order valence-corrected chi connectivity index (χ4v) is 4.05. The lowest BCUT2D eigenvalue weighted by Crippen LogP contribution is -2.48. The Kier molecular flexibility index (Phi) is 7.78. The Morgan fingerprint density at radius 2 is 2.03 bits per heavy atom. The molecule has 0 spiro atoms. The first-order valence-corrected chi connectivity index (χ1v) is 10.9. The molecule has 0 bridgehead atoms. The fourth-order valence-electron chi connectivity index (χ4n) is 3.26. The number of alkyl halides is 3. The van der Waals surface area contributed by atoms with E-state index in [4.69, 9.17) is 0 Å². The van der Waals surface area contributed by atoms with Crippen molar-refractivity contribution in [3.8, 4) is 0 Å². The van der Waals surface area contributed by atoms with Crippen molar-refractivity contribution >= 4 is 28.1 Å². The molecule has 0 saturated carbocycles. The molecule has 0 radical (unpaired) electrons. The van der Waals surface area contributed by atoms with Crippen LogP contribution in [0.5, 0.6) is 0 Å². The van der Waals surface area contributed by atoms with Crippen LogP contribution in [0.15, 0.2) is 40.8 Å². The highest BCUT2D eigenvalue weighted by Gasteiger charge is 2.30. The number of rotatable bonds is 7. The number of thiophene rings is 1. The third-order valence-corrected chi connectivity index (χ3v) is 5.85. The van der Waals surface area contributed by atoms with E-state index in [0.29, 0.717) is 24.9 Å². The average Bonchev–Trinajstić information content (AvgIpc) is 3.28. The van der Waals surface area contributed by atoms with Gasteiger partial charge in [-0.05, 0) is 48.9 Å². The third kappa shape index (κ3) is 6.51. The van der Waals surface area contributed by atoms with Crippen molar-refractivity contribution in [1.82, 2.24) is 15.6 Å². The van der Waals surface area contributed by atoms with E-state index >= 15 is 0 Å². The minimum Gasteiger partial charge on any atom is -0.370 e. The number of piperidine rings is 1. The quantitative estimate of drug-likeness (QED) is 0.347. The summed E-state index contributed by atoms with van der Waals surface area (Å²) in [5, 5.41) is 13.2. The Labute approximate surface area is 178 Å². The first kappa shape index (κ1) is 22.2. The molecule has 2 aromatic heterocycles. The molecule has 1 aliphatic rings. The maximum absolute atomic E-state index is 12.5. The Bertz CT molecular complexity index is 784. The summed E-state index contributed by atoms with van der Waals surface area (Å²) in [6.45, 7) is 3.35. The summed E-state index contributed by atoms with van der Waals surface area (Å²) in [6.07, 6.45) is -0.630. The fraction of sp³-hybridized carbons (Fsp3) is 0.500. The van der Waals surface area contributed by atoms with Crippen LogP contribution in [0.1, 0.15) is 24.8 Å². The van der Waals surface area contributed by atoms with Crippen LogP contribution in [0.3, 0.4) is 0 Å². The van der Waals surface area contributed by atoms with Crippen LogP contribution in [-0.2, 0) is 6.18 Å². The van der Waals surface area contributed by atoms with E-state index in [0.717, 1.165) is 50.6 Å². The van der Waals surface area contributed by atoms with Crippen LogP contribution in [-0.4, -0.2) is 50.2 Å². The molecule has 6 nitrogen and oxygen atoms in total. The Balaban J connectivity index is 1.31. The zero-order valence-electron chi connectivity index (χ0n) is 16.9. The predicted molar refractivity (Wildman–Crippen MR) is 116 cm³/mol. The van der Waals surface area contributed by atoms with Gasteiger partial charge in [0.15, 0.2) is 5.96 Å². The van der Waals surface area contributed by atoms with E-state index < -0.39 is 11.7 Å². The summed E-state index contributed by atoms with van der Waals surface area (Å²) in [4.78, 5) is 10.5. The molecule has 0 aliphatic carbocycles. The number of hydrogen-bond donors (Lipinski definition) is 3. The third-order valence-electron chi connectivity index (χ3n) is 4.92. The number of nitrogens with one attached hydrogen (secondary N) is 3. The lowest BCUT2D eigenvalue weighted by Gasteiger charge is -2.33. The molecule has 3 rings (SSSR count). The highest BCUT2D eigenvalue weighted by molar-refractivity contribution is 7.14. The number of halogens is 3. The number of nitrogens with zero attached hydrogens (tertiary/aromatic N) is 3. The summed E-state index contributed by atoms with van der Waals surface area (Å²) >= 11 is 1.77. The molecule has 30 heavy (non-hydrogen) atoms. The number of aliphatic imine (C=N–C) groups is 1. The summed E-state index contributed by atoms with van der Waals surface area (Å²) in [5.41, 5.74) is -0.745. The molecule has 3 N–H and O–H groups in total. The lowest BCUT2D eigenvalue weighted by molar-refractivity contribution is -0.137. The van der Waals surface area contributed by atoms with Gasteiger partial charge in [0.2, 0.25) is 0 Å². The predicted octanol–water partition coefficient (Wildman–Crippen LogP) is 3.80. The van der Waals surface area contributed by atoms with Crippen LogP contribution >= 0.6 is 11.3 Å². The van der Waals surface area contributed by atoms with Crippen molar-refractivity contribution in [2.45, 2.75) is 31.5 Å². The van der Waals surface area contributed by atoms with Crippen molar-refractivity contribution < 1.29 is 13.2 Å². The van der Waals surface area contributed by atoms with Gasteiger partial charge in [-0.2, -0.15) is 13.2 Å². The van der Waals surface area contributed by atoms with Crippen molar-refractivity contribution in [3.05, 3.63) is 41.4 Å². The molecule has 1 saturated heterocycles. The topological polar surface area (TPSA) is 64.6 Å². The van der Waals surface area contributed by atoms with E-state index in [1.165, 1.54) is 11.1 Å². The molecule has 0 amide bonds. The summed E-state index contributed by atoms with van der Waals surface area (Å²) < 4.78 is 37.6. The van der Waals surface area contributed by atoms with Crippen molar-refractivity contribution in [3.63, 3.8) is 0 Å². The maximum atomic E-state index is 12.5. The van der Waals surface area contributed by atoms with Gasteiger partial charge in [0.05, 0.1) is 10.6 Å². The Hall–Kier alpha value is -2.49. The SMILES string of the molecule is CN=C(NCCCNc1ccc(C(F)(F)F)cn1)NC1CCN(c2cccs2)CC1. The van der Waals surface area contributed by atoms with E-state index in [1.807, 2.05) is 0 Å². The van der Waals surface area contributed by atoms with Crippen LogP contribution < -0.4 is 20.9 Å². The van der Waals surface area contributed by atoms with Gasteiger partial charge in [0, 0.05) is 45.5 Å². The second-order valence-electron chi connectivity index (χ2n) is 7.07. The number of anilines is 2. The standard InChI is InChI=1S/C20H27F3N6S/c1-24-19(28-16-7-11-29(12-8-16)18-4-2-13-30-18)26-10-3-9-25-17-6-5-15(14-27-17)20(21,22)23/h2,4-6,13-14,16H,3,7-12H2,1H3,(H,25,27)(H2,24,26,28). The van der Waals surface area contributed by atoms with Crippen molar-refractivity contribution in [2.75, 3.05) is 43.4 Å². The number of aromatic nitrogens is 1. The second-order valence-corrected chi connectivity index (χ2v) is 7.99. The minimum atomic E-state index is -4.36. The largest absolute Gasteiger partial charge is 0.417 e. The molecule has 164 valence electrons. The van der Waals surface area contributed by atoms with Crippen LogP contribution in [0.25, 0.3) is 0 Å². The maximum Gasteiger partial charge on any atom is 0.417 e. The highest BCUT2D eigenvalue weighted by atomic mass is 32.1. The molecule has 3 heterocycles. The van der Waals surface area contributed by atoms with E-state index in [2.05, 4.69) is 48.3 Å². The average molecular weight is 441 g/mol. The van der Waals surface area contributed by atoms with Gasteiger partial charge in [-0.3, -0.25) is 4.99 Å². The van der Waals surface area contributed by atoms with Gasteiger partial charge in [0.1, 0.15) is 5.82 Å². The van der Waals surface area contributed by atoms with E-state index in [9.17, 15) is 13.2 Å². The highest BCUT2D eigenvalue weighted by Crippen LogP contribution is 2.28. The van der Waals surface area contributed by atoms with Crippen molar-refractivity contribution in [1.29, 1.82) is 0 Å². The molecular formula is C20H27F3N6S. The molecule has 10 heteroatoms.